The molecule has 1 aromatic rings. The third-order valence-corrected chi connectivity index (χ3v) is 7.71. The molecule has 0 radical (unpaired) electrons. The largest absolute Gasteiger partial charge is 0.410 e. The fourth-order valence-electron chi connectivity index (χ4n) is 6.04. The normalized spacial score (nSPS) is 24.7. The molecule has 192 valence electrons. The van der Waals surface area contributed by atoms with Crippen LogP contribution in [-0.2, 0) is 0 Å². The number of anilines is 1. The Hall–Kier alpha value is -2.51. The van der Waals surface area contributed by atoms with Gasteiger partial charge in [0.05, 0.1) is 12.2 Å². The van der Waals surface area contributed by atoms with Crippen molar-refractivity contribution in [3.8, 4) is 0 Å². The first-order valence-electron chi connectivity index (χ1n) is 13.0. The lowest BCUT2D eigenvalue weighted by Crippen LogP contribution is -2.49. The highest BCUT2D eigenvalue weighted by Crippen LogP contribution is 2.42. The van der Waals surface area contributed by atoms with E-state index in [1.54, 1.807) is 24.3 Å². The molecule has 0 aromatic carbocycles. The quantitative estimate of drug-likeness (QED) is 0.438. The first-order valence-corrected chi connectivity index (χ1v) is 13.0. The Morgan fingerprint density at radius 3 is 2.23 bits per heavy atom. The maximum atomic E-state index is 14.1. The smallest absolute Gasteiger partial charge is 0.363 e. The highest BCUT2D eigenvalue weighted by Gasteiger charge is 2.48. The molecule has 1 amide bonds. The van der Waals surface area contributed by atoms with Crippen LogP contribution in [0, 0.1) is 0 Å². The van der Waals surface area contributed by atoms with Crippen LogP contribution in [-0.4, -0.2) is 44.9 Å². The van der Waals surface area contributed by atoms with Crippen LogP contribution < -0.4 is 5.32 Å². The minimum Gasteiger partial charge on any atom is -0.363 e. The number of allylic oxidation sites excluding steroid dienone is 3. The molecule has 0 saturated heterocycles. The minimum atomic E-state index is -4.48. The van der Waals surface area contributed by atoms with Gasteiger partial charge >= 0.3 is 6.18 Å². The lowest BCUT2D eigenvalue weighted by molar-refractivity contribution is -0.173. The number of hydrogen-bond donors (Lipinski definition) is 1. The Morgan fingerprint density at radius 2 is 1.71 bits per heavy atom. The van der Waals surface area contributed by atoms with Crippen LogP contribution in [0.25, 0.3) is 0 Å². The summed E-state index contributed by atoms with van der Waals surface area (Å²) in [6.07, 6.45) is 14.1. The van der Waals surface area contributed by atoms with E-state index >= 15 is 0 Å². The Bertz CT molecular complexity index is 934. The molecule has 8 heteroatoms. The molecule has 0 spiro atoms. The summed E-state index contributed by atoms with van der Waals surface area (Å²) in [7, 11) is 0. The van der Waals surface area contributed by atoms with Crippen molar-refractivity contribution in [1.82, 2.24) is 14.7 Å². The Labute approximate surface area is 206 Å². The van der Waals surface area contributed by atoms with E-state index in [9.17, 15) is 18.0 Å². The molecule has 5 nitrogen and oxygen atoms in total. The topological polar surface area (TPSA) is 50.2 Å². The van der Waals surface area contributed by atoms with E-state index in [4.69, 9.17) is 0 Å². The van der Waals surface area contributed by atoms with Crippen LogP contribution in [0.5, 0.6) is 0 Å². The monoisotopic (exact) mass is 490 g/mol. The lowest BCUT2D eigenvalue weighted by atomic mass is 9.88. The van der Waals surface area contributed by atoms with Crippen LogP contribution in [0.2, 0.25) is 0 Å². The van der Waals surface area contributed by atoms with Gasteiger partial charge in [0, 0.05) is 18.5 Å². The molecule has 4 rings (SSSR count). The summed E-state index contributed by atoms with van der Waals surface area (Å²) < 4.78 is 43.4. The van der Waals surface area contributed by atoms with Gasteiger partial charge in [0.15, 0.2) is 6.04 Å². The van der Waals surface area contributed by atoms with Gasteiger partial charge < -0.3 is 10.2 Å². The van der Waals surface area contributed by atoms with Crippen LogP contribution in [0.15, 0.2) is 42.7 Å². The molecular formula is C27H37F3N4O. The van der Waals surface area contributed by atoms with Crippen LogP contribution in [0.3, 0.4) is 0 Å². The molecule has 2 saturated carbocycles. The summed E-state index contributed by atoms with van der Waals surface area (Å²) in [5.41, 5.74) is 0.942. The number of nitrogens with one attached hydrogen (secondary N) is 1. The van der Waals surface area contributed by atoms with E-state index in [0.29, 0.717) is 5.57 Å². The average molecular weight is 491 g/mol. The number of amides is 1. The van der Waals surface area contributed by atoms with Crippen molar-refractivity contribution < 1.29 is 18.0 Å². The van der Waals surface area contributed by atoms with Crippen LogP contribution in [0.1, 0.15) is 94.0 Å². The third-order valence-electron chi connectivity index (χ3n) is 7.71. The molecular weight excluding hydrogens is 453 g/mol. The SMILES string of the molecule is C=C/C=C(\C=C/C)C1CC(C(F)(F)F)n2ncc(C(=O)N(C3CCCCC3)C3CCCCC3)c2N1. The molecule has 2 atom stereocenters. The third kappa shape index (κ3) is 5.51. The molecule has 1 aliphatic heterocycles. The highest BCUT2D eigenvalue weighted by molar-refractivity contribution is 5.99. The molecule has 2 heterocycles. The summed E-state index contributed by atoms with van der Waals surface area (Å²) in [6, 6.07) is -2.12. The summed E-state index contributed by atoms with van der Waals surface area (Å²) in [5, 5.41) is 7.36. The van der Waals surface area contributed by atoms with Gasteiger partial charge in [-0.3, -0.25) is 4.79 Å². The van der Waals surface area contributed by atoms with Gasteiger partial charge in [0.2, 0.25) is 0 Å². The van der Waals surface area contributed by atoms with E-state index in [1.807, 2.05) is 11.8 Å². The molecule has 1 N–H and O–H groups in total. The number of hydrogen-bond acceptors (Lipinski definition) is 3. The van der Waals surface area contributed by atoms with Gasteiger partial charge in [-0.25, -0.2) is 4.68 Å². The number of alkyl halides is 3. The fourth-order valence-corrected chi connectivity index (χ4v) is 6.04. The first-order chi connectivity index (χ1) is 16.8. The van der Waals surface area contributed by atoms with Crippen LogP contribution >= 0.6 is 0 Å². The van der Waals surface area contributed by atoms with E-state index in [1.165, 1.54) is 19.0 Å². The van der Waals surface area contributed by atoms with Crippen molar-refractivity contribution in [2.75, 3.05) is 5.32 Å². The second kappa shape index (κ2) is 11.0. The lowest BCUT2D eigenvalue weighted by Gasteiger charge is -2.42. The number of aromatic nitrogens is 2. The van der Waals surface area contributed by atoms with Crippen molar-refractivity contribution >= 4 is 11.7 Å². The summed E-state index contributed by atoms with van der Waals surface area (Å²) in [6.45, 7) is 5.54. The standard InChI is InChI=1S/C27H37F3N4O/c1-3-11-19(12-4-2)23-17-24(27(28,29)30)34-25(32-23)22(18-31-34)26(35)33(20-13-7-5-8-14-20)21-15-9-6-10-16-21/h3-4,11-12,18,20-21,23-24,32H,1,5-10,13-17H2,2H3/b12-4-,19-11+. The Kier molecular flexibility index (Phi) is 8.07. The first kappa shape index (κ1) is 25.6. The Balaban J connectivity index is 1.73. The maximum absolute atomic E-state index is 14.1. The average Bonchev–Trinajstić information content (AvgIpc) is 3.28. The molecule has 2 aliphatic carbocycles. The number of nitrogens with zero attached hydrogens (tertiary/aromatic N) is 3. The second-order valence-corrected chi connectivity index (χ2v) is 10.0. The van der Waals surface area contributed by atoms with Crippen molar-refractivity contribution in [1.29, 1.82) is 0 Å². The summed E-state index contributed by atoms with van der Waals surface area (Å²) in [5.74, 6) is -0.0101. The second-order valence-electron chi connectivity index (χ2n) is 10.0. The predicted octanol–water partition coefficient (Wildman–Crippen LogP) is 6.97. The van der Waals surface area contributed by atoms with Crippen molar-refractivity contribution in [3.05, 3.63) is 48.2 Å². The van der Waals surface area contributed by atoms with Gasteiger partial charge in [-0.05, 0) is 38.2 Å². The summed E-state index contributed by atoms with van der Waals surface area (Å²) in [4.78, 5) is 16.1. The van der Waals surface area contributed by atoms with Crippen molar-refractivity contribution in [3.63, 3.8) is 0 Å². The zero-order valence-electron chi connectivity index (χ0n) is 20.6. The number of rotatable bonds is 6. The Morgan fingerprint density at radius 1 is 1.11 bits per heavy atom. The van der Waals surface area contributed by atoms with Gasteiger partial charge in [-0.2, -0.15) is 18.3 Å². The van der Waals surface area contributed by atoms with E-state index in [-0.39, 0.29) is 35.8 Å². The fraction of sp³-hybridized carbons (Fsp3) is 0.630. The van der Waals surface area contributed by atoms with Gasteiger partial charge in [-0.15, -0.1) is 0 Å². The van der Waals surface area contributed by atoms with E-state index in [2.05, 4.69) is 17.0 Å². The van der Waals surface area contributed by atoms with Crippen molar-refractivity contribution in [2.45, 2.75) is 108 Å². The minimum absolute atomic E-state index is 0.145. The molecule has 35 heavy (non-hydrogen) atoms. The molecule has 1 aromatic heterocycles. The maximum Gasteiger partial charge on any atom is 0.410 e. The highest BCUT2D eigenvalue weighted by atomic mass is 19.4. The zero-order chi connectivity index (χ0) is 25.0. The molecule has 0 bridgehead atoms. The number of carbonyl (C=O) groups is 1. The number of fused-ring (bicyclic) bond motifs is 1. The van der Waals surface area contributed by atoms with Gasteiger partial charge in [0.25, 0.3) is 5.91 Å². The number of carbonyl (C=O) groups excluding carboxylic acids is 1. The van der Waals surface area contributed by atoms with Gasteiger partial charge in [-0.1, -0.05) is 69.4 Å². The molecule has 3 aliphatic rings. The molecule has 2 unspecified atom stereocenters. The zero-order valence-corrected chi connectivity index (χ0v) is 20.6. The van der Waals surface area contributed by atoms with Crippen molar-refractivity contribution in [2.24, 2.45) is 0 Å². The summed E-state index contributed by atoms with van der Waals surface area (Å²) >= 11 is 0. The predicted molar refractivity (Wildman–Crippen MR) is 132 cm³/mol. The number of halogens is 3. The molecule has 2 fully saturated rings. The van der Waals surface area contributed by atoms with Gasteiger partial charge in [0.1, 0.15) is 11.4 Å². The van der Waals surface area contributed by atoms with E-state index in [0.717, 1.165) is 56.0 Å². The van der Waals surface area contributed by atoms with Crippen LogP contribution in [0.4, 0.5) is 19.0 Å². The van der Waals surface area contributed by atoms with E-state index < -0.39 is 18.3 Å².